The van der Waals surface area contributed by atoms with Gasteiger partial charge in [-0.25, -0.2) is 9.97 Å². The number of fused-ring (bicyclic) bond motifs is 1. The number of carbonyl (C=O) groups excluding carboxylic acids is 1. The molecule has 1 aliphatic rings. The molecule has 2 aromatic heterocycles. The van der Waals surface area contributed by atoms with E-state index in [1.165, 1.54) is 0 Å². The number of hydrogen-bond acceptors (Lipinski definition) is 4. The second-order valence-electron chi connectivity index (χ2n) is 6.84. The first-order valence-corrected chi connectivity index (χ1v) is 8.98. The molecule has 0 radical (unpaired) electrons. The second kappa shape index (κ2) is 6.92. The van der Waals surface area contributed by atoms with Crippen molar-refractivity contribution in [2.75, 3.05) is 13.1 Å². The Hall–Kier alpha value is -2.67. The lowest BCUT2D eigenvalue weighted by molar-refractivity contribution is -0.131. The molecule has 1 aliphatic heterocycles. The molecule has 1 fully saturated rings. The fraction of sp³-hybridized carbons (Fsp3) is 0.421. The summed E-state index contributed by atoms with van der Waals surface area (Å²) in [7, 11) is 0. The zero-order valence-corrected chi connectivity index (χ0v) is 14.8. The fourth-order valence-electron chi connectivity index (χ4n) is 3.77. The summed E-state index contributed by atoms with van der Waals surface area (Å²) in [5.74, 6) is 0.903. The van der Waals surface area contributed by atoms with Gasteiger partial charge in [0.05, 0.1) is 29.5 Å². The molecule has 1 amide bonds. The van der Waals surface area contributed by atoms with Gasteiger partial charge in [-0.2, -0.15) is 0 Å². The molecule has 26 heavy (non-hydrogen) atoms. The van der Waals surface area contributed by atoms with Crippen LogP contribution in [0.25, 0.3) is 11.0 Å². The van der Waals surface area contributed by atoms with Crippen molar-refractivity contribution in [3.63, 3.8) is 0 Å². The summed E-state index contributed by atoms with van der Waals surface area (Å²) < 4.78 is 3.90. The number of aryl methyl sites for hydroxylation is 1. The minimum Gasteiger partial charge on any atom is -0.391 e. The van der Waals surface area contributed by atoms with Crippen LogP contribution in [0.1, 0.15) is 24.7 Å². The maximum atomic E-state index is 12.9. The van der Waals surface area contributed by atoms with Crippen LogP contribution >= 0.6 is 0 Å². The number of benzene rings is 1. The summed E-state index contributed by atoms with van der Waals surface area (Å²) in [6, 6.07) is 7.83. The van der Waals surface area contributed by atoms with E-state index < -0.39 is 6.10 Å². The van der Waals surface area contributed by atoms with E-state index in [0.717, 1.165) is 16.9 Å². The van der Waals surface area contributed by atoms with Crippen molar-refractivity contribution in [3.05, 3.63) is 48.8 Å². The Balaban J connectivity index is 1.49. The molecular weight excluding hydrogens is 330 g/mol. The normalized spacial score (nSPS) is 21.1. The number of amides is 1. The third-order valence-electron chi connectivity index (χ3n) is 5.23. The Bertz CT molecular complexity index is 902. The van der Waals surface area contributed by atoms with Crippen LogP contribution in [0.3, 0.4) is 0 Å². The van der Waals surface area contributed by atoms with Gasteiger partial charge in [0, 0.05) is 25.5 Å². The number of imidazole rings is 2. The second-order valence-corrected chi connectivity index (χ2v) is 6.84. The number of carbonyl (C=O) groups is 1. The number of rotatable bonds is 3. The topological polar surface area (TPSA) is 76.2 Å². The van der Waals surface area contributed by atoms with Crippen molar-refractivity contribution in [3.8, 4) is 0 Å². The molecule has 0 saturated carbocycles. The quantitative estimate of drug-likeness (QED) is 0.778. The molecule has 0 aliphatic carbocycles. The highest BCUT2D eigenvalue weighted by molar-refractivity contribution is 5.81. The van der Waals surface area contributed by atoms with Gasteiger partial charge in [0.2, 0.25) is 5.91 Å². The van der Waals surface area contributed by atoms with Gasteiger partial charge >= 0.3 is 0 Å². The van der Waals surface area contributed by atoms with Crippen molar-refractivity contribution in [1.82, 2.24) is 24.0 Å². The Morgan fingerprint density at radius 2 is 2.08 bits per heavy atom. The van der Waals surface area contributed by atoms with E-state index in [2.05, 4.69) is 9.97 Å². The van der Waals surface area contributed by atoms with Crippen LogP contribution in [-0.4, -0.2) is 54.2 Å². The van der Waals surface area contributed by atoms with Gasteiger partial charge < -0.3 is 19.1 Å². The van der Waals surface area contributed by atoms with Crippen LogP contribution in [0, 0.1) is 6.92 Å². The van der Waals surface area contributed by atoms with E-state index in [0.29, 0.717) is 25.9 Å². The molecule has 1 saturated heterocycles. The highest BCUT2D eigenvalue weighted by Crippen LogP contribution is 2.23. The number of hydrogen-bond donors (Lipinski definition) is 1. The lowest BCUT2D eigenvalue weighted by Gasteiger charge is -2.22. The van der Waals surface area contributed by atoms with E-state index in [1.807, 2.05) is 51.4 Å². The van der Waals surface area contributed by atoms with Crippen LogP contribution < -0.4 is 0 Å². The number of para-hydroxylation sites is 2. The molecule has 7 nitrogen and oxygen atoms in total. The standard InChI is InChI=1S/C19H23N5O2/c1-14-21-15-4-2-3-5-16(15)24(14)12-19(26)22-9-6-17(18(25)7-10-22)23-11-8-20-13-23/h2-5,8,11,13,17-18,25H,6-7,9-10,12H2,1H3/t17-,18-/m0/s1. The molecule has 1 aromatic carbocycles. The molecule has 4 rings (SSSR count). The van der Waals surface area contributed by atoms with Gasteiger partial charge in [0.15, 0.2) is 0 Å². The minimum atomic E-state index is -0.474. The van der Waals surface area contributed by atoms with Gasteiger partial charge in [-0.15, -0.1) is 0 Å². The monoisotopic (exact) mass is 353 g/mol. The van der Waals surface area contributed by atoms with Crippen molar-refractivity contribution in [2.24, 2.45) is 0 Å². The number of nitrogens with zero attached hydrogens (tertiary/aromatic N) is 5. The summed E-state index contributed by atoms with van der Waals surface area (Å²) in [6.07, 6.45) is 6.12. The summed E-state index contributed by atoms with van der Waals surface area (Å²) in [4.78, 5) is 23.3. The zero-order chi connectivity index (χ0) is 18.1. The minimum absolute atomic E-state index is 0.0360. The van der Waals surface area contributed by atoms with Crippen molar-refractivity contribution in [1.29, 1.82) is 0 Å². The number of aliphatic hydroxyl groups excluding tert-OH is 1. The molecule has 0 spiro atoms. The highest BCUT2D eigenvalue weighted by atomic mass is 16.3. The Morgan fingerprint density at radius 3 is 2.88 bits per heavy atom. The van der Waals surface area contributed by atoms with E-state index in [9.17, 15) is 9.90 Å². The lowest BCUT2D eigenvalue weighted by atomic mass is 10.1. The van der Waals surface area contributed by atoms with E-state index in [4.69, 9.17) is 0 Å². The van der Waals surface area contributed by atoms with Gasteiger partial charge in [-0.1, -0.05) is 12.1 Å². The Morgan fingerprint density at radius 1 is 1.27 bits per heavy atom. The zero-order valence-electron chi connectivity index (χ0n) is 14.8. The Labute approximate surface area is 151 Å². The van der Waals surface area contributed by atoms with Crippen LogP contribution in [0.5, 0.6) is 0 Å². The smallest absolute Gasteiger partial charge is 0.242 e. The molecule has 136 valence electrons. The van der Waals surface area contributed by atoms with Gasteiger partial charge in [-0.05, 0) is 31.9 Å². The molecule has 0 bridgehead atoms. The Kier molecular flexibility index (Phi) is 4.46. The first-order chi connectivity index (χ1) is 12.6. The maximum absolute atomic E-state index is 12.9. The van der Waals surface area contributed by atoms with Crippen LogP contribution in [0.15, 0.2) is 43.0 Å². The number of aliphatic hydroxyl groups is 1. The van der Waals surface area contributed by atoms with Crippen molar-refractivity contribution < 1.29 is 9.90 Å². The van der Waals surface area contributed by atoms with E-state index in [1.54, 1.807) is 12.5 Å². The van der Waals surface area contributed by atoms with E-state index in [-0.39, 0.29) is 18.5 Å². The molecule has 2 atom stereocenters. The molecule has 7 heteroatoms. The highest BCUT2D eigenvalue weighted by Gasteiger charge is 2.28. The average molecular weight is 353 g/mol. The van der Waals surface area contributed by atoms with Crippen molar-refractivity contribution >= 4 is 16.9 Å². The fourth-order valence-corrected chi connectivity index (χ4v) is 3.77. The predicted octanol–water partition coefficient (Wildman–Crippen LogP) is 1.77. The maximum Gasteiger partial charge on any atom is 0.242 e. The van der Waals surface area contributed by atoms with Gasteiger partial charge in [0.1, 0.15) is 12.4 Å². The van der Waals surface area contributed by atoms with Gasteiger partial charge in [0.25, 0.3) is 0 Å². The van der Waals surface area contributed by atoms with Crippen LogP contribution in [-0.2, 0) is 11.3 Å². The van der Waals surface area contributed by atoms with Crippen LogP contribution in [0.4, 0.5) is 0 Å². The number of likely N-dealkylation sites (tertiary alicyclic amines) is 1. The molecule has 3 aromatic rings. The third-order valence-corrected chi connectivity index (χ3v) is 5.23. The summed E-state index contributed by atoms with van der Waals surface area (Å²) in [6.45, 7) is 3.40. The third kappa shape index (κ3) is 3.10. The number of aromatic nitrogens is 4. The molecule has 1 N–H and O–H groups in total. The molecule has 0 unspecified atom stereocenters. The molecular formula is C19H23N5O2. The first kappa shape index (κ1) is 16.8. The van der Waals surface area contributed by atoms with Gasteiger partial charge in [-0.3, -0.25) is 4.79 Å². The summed E-state index contributed by atoms with van der Waals surface area (Å²) in [5.41, 5.74) is 1.88. The predicted molar refractivity (Wildman–Crippen MR) is 97.6 cm³/mol. The lowest BCUT2D eigenvalue weighted by Crippen LogP contribution is -2.35. The van der Waals surface area contributed by atoms with Crippen LogP contribution in [0.2, 0.25) is 0 Å². The average Bonchev–Trinajstić information content (AvgIpc) is 3.21. The van der Waals surface area contributed by atoms with Crippen molar-refractivity contribution in [2.45, 2.75) is 38.5 Å². The SMILES string of the molecule is Cc1nc2ccccc2n1CC(=O)N1CC[C@H](O)[C@@H](n2ccnc2)CC1. The first-order valence-electron chi connectivity index (χ1n) is 8.98. The largest absolute Gasteiger partial charge is 0.391 e. The van der Waals surface area contributed by atoms with E-state index >= 15 is 0 Å². The summed E-state index contributed by atoms with van der Waals surface area (Å²) in [5, 5.41) is 10.5. The summed E-state index contributed by atoms with van der Waals surface area (Å²) >= 11 is 0. The molecule has 3 heterocycles.